The third kappa shape index (κ3) is 4.84. The van der Waals surface area contributed by atoms with Crippen LogP contribution in [-0.2, 0) is 11.0 Å². The van der Waals surface area contributed by atoms with Crippen molar-refractivity contribution in [2.75, 3.05) is 0 Å². The predicted molar refractivity (Wildman–Crippen MR) is 102 cm³/mol. The molecule has 0 aliphatic carbocycles. The summed E-state index contributed by atoms with van der Waals surface area (Å²) in [4.78, 5) is 12.1. The van der Waals surface area contributed by atoms with Crippen LogP contribution in [0.2, 0.25) is 0 Å². The van der Waals surface area contributed by atoms with E-state index in [4.69, 9.17) is 5.21 Å². The lowest BCUT2D eigenvalue weighted by atomic mass is 9.90. The van der Waals surface area contributed by atoms with E-state index in [2.05, 4.69) is 11.8 Å². The van der Waals surface area contributed by atoms with Crippen LogP contribution in [0.4, 0.5) is 13.2 Å². The molecule has 0 saturated carbocycles. The Morgan fingerprint density at radius 1 is 0.828 bits per heavy atom. The molecule has 0 aliphatic heterocycles. The molecule has 1 atom stereocenters. The molecule has 0 spiro atoms. The highest BCUT2D eigenvalue weighted by atomic mass is 19.4. The van der Waals surface area contributed by atoms with Crippen LogP contribution in [0.25, 0.3) is 0 Å². The summed E-state index contributed by atoms with van der Waals surface area (Å²) in [6.45, 7) is 0. The fourth-order valence-electron chi connectivity index (χ4n) is 2.94. The van der Waals surface area contributed by atoms with Crippen LogP contribution >= 0.6 is 0 Å². The summed E-state index contributed by atoms with van der Waals surface area (Å²) in [6.07, 6.45) is -4.48. The van der Waals surface area contributed by atoms with Gasteiger partial charge in [-0.25, -0.2) is 5.48 Å². The highest BCUT2D eigenvalue weighted by Gasteiger charge is 2.32. The molecule has 29 heavy (non-hydrogen) atoms. The van der Waals surface area contributed by atoms with Gasteiger partial charge < -0.3 is 0 Å². The van der Waals surface area contributed by atoms with Gasteiger partial charge in [-0.2, -0.15) is 13.2 Å². The number of rotatable bonds is 3. The van der Waals surface area contributed by atoms with Gasteiger partial charge in [-0.05, 0) is 35.4 Å². The van der Waals surface area contributed by atoms with Gasteiger partial charge in [0.05, 0.1) is 11.5 Å². The minimum atomic E-state index is -4.48. The number of alkyl halides is 3. The van der Waals surface area contributed by atoms with Crippen LogP contribution < -0.4 is 5.48 Å². The van der Waals surface area contributed by atoms with Crippen LogP contribution in [0.3, 0.4) is 0 Å². The lowest BCUT2D eigenvalue weighted by Gasteiger charge is -2.15. The fraction of sp³-hybridized carbons (Fsp3) is 0.0870. The quantitative estimate of drug-likeness (QED) is 0.382. The maximum atomic E-state index is 13.1. The number of benzene rings is 3. The Bertz CT molecular complexity index is 1050. The third-order valence-corrected chi connectivity index (χ3v) is 4.32. The van der Waals surface area contributed by atoms with Gasteiger partial charge in [-0.1, -0.05) is 66.4 Å². The maximum Gasteiger partial charge on any atom is 0.417 e. The van der Waals surface area contributed by atoms with Gasteiger partial charge >= 0.3 is 6.18 Å². The average molecular weight is 395 g/mol. The second kappa shape index (κ2) is 8.63. The summed E-state index contributed by atoms with van der Waals surface area (Å²) in [7, 11) is 0. The van der Waals surface area contributed by atoms with E-state index in [1.807, 2.05) is 6.07 Å². The molecule has 0 aliphatic rings. The highest BCUT2D eigenvalue weighted by Crippen LogP contribution is 2.31. The van der Waals surface area contributed by atoms with Crippen LogP contribution in [-0.4, -0.2) is 11.1 Å². The van der Waals surface area contributed by atoms with Crippen molar-refractivity contribution >= 4 is 5.91 Å². The van der Waals surface area contributed by atoms with E-state index in [-0.39, 0.29) is 5.56 Å². The van der Waals surface area contributed by atoms with Crippen molar-refractivity contribution in [2.45, 2.75) is 12.1 Å². The fourth-order valence-corrected chi connectivity index (χ4v) is 2.94. The predicted octanol–water partition coefficient (Wildman–Crippen LogP) is 4.74. The van der Waals surface area contributed by atoms with Gasteiger partial charge in [-0.15, -0.1) is 0 Å². The van der Waals surface area contributed by atoms with E-state index in [1.54, 1.807) is 54.0 Å². The lowest BCUT2D eigenvalue weighted by Crippen LogP contribution is -2.27. The second-order valence-electron chi connectivity index (χ2n) is 6.24. The highest BCUT2D eigenvalue weighted by molar-refractivity contribution is 5.86. The van der Waals surface area contributed by atoms with Crippen molar-refractivity contribution in [2.24, 2.45) is 0 Å². The molecule has 1 unspecified atom stereocenters. The average Bonchev–Trinajstić information content (AvgIpc) is 2.73. The molecule has 3 aromatic carbocycles. The minimum Gasteiger partial charge on any atom is -0.289 e. The van der Waals surface area contributed by atoms with E-state index in [0.717, 1.165) is 6.07 Å². The molecule has 146 valence electrons. The molecular formula is C23H16F3NO2. The van der Waals surface area contributed by atoms with Crippen molar-refractivity contribution in [3.8, 4) is 11.8 Å². The van der Waals surface area contributed by atoms with E-state index in [1.165, 1.54) is 18.2 Å². The molecule has 3 nitrogen and oxygen atoms in total. The maximum absolute atomic E-state index is 13.1. The Labute approximate surface area is 165 Å². The molecule has 2 N–H and O–H groups in total. The summed E-state index contributed by atoms with van der Waals surface area (Å²) in [6, 6.07) is 20.6. The van der Waals surface area contributed by atoms with Crippen LogP contribution in [0.1, 0.15) is 33.7 Å². The van der Waals surface area contributed by atoms with Crippen molar-refractivity contribution in [3.63, 3.8) is 0 Å². The van der Waals surface area contributed by atoms with Crippen molar-refractivity contribution in [3.05, 3.63) is 107 Å². The molecule has 0 heterocycles. The first kappa shape index (κ1) is 20.2. The van der Waals surface area contributed by atoms with Crippen molar-refractivity contribution in [1.29, 1.82) is 0 Å². The first-order valence-electron chi connectivity index (χ1n) is 8.67. The van der Waals surface area contributed by atoms with Crippen LogP contribution in [0, 0.1) is 11.8 Å². The zero-order valence-corrected chi connectivity index (χ0v) is 15.1. The Balaban J connectivity index is 1.90. The molecule has 3 aromatic rings. The third-order valence-electron chi connectivity index (χ3n) is 4.32. The summed E-state index contributed by atoms with van der Waals surface area (Å²) < 4.78 is 39.2. The zero-order valence-electron chi connectivity index (χ0n) is 15.1. The topological polar surface area (TPSA) is 49.3 Å². The smallest absolute Gasteiger partial charge is 0.289 e. The number of carbonyl (C=O) groups is 1. The number of hydrogen-bond donors (Lipinski definition) is 2. The first-order valence-corrected chi connectivity index (χ1v) is 8.67. The summed E-state index contributed by atoms with van der Waals surface area (Å²) >= 11 is 0. The molecule has 3 rings (SSSR count). The molecule has 0 saturated heterocycles. The molecule has 0 aromatic heterocycles. The number of hydrogen-bond acceptors (Lipinski definition) is 2. The van der Waals surface area contributed by atoms with Gasteiger partial charge in [0.15, 0.2) is 0 Å². The summed E-state index contributed by atoms with van der Waals surface area (Å²) in [5.74, 6) is 3.97. The van der Waals surface area contributed by atoms with E-state index >= 15 is 0 Å². The first-order chi connectivity index (χ1) is 13.9. The van der Waals surface area contributed by atoms with Gasteiger partial charge in [0.1, 0.15) is 0 Å². The van der Waals surface area contributed by atoms with Crippen LogP contribution in [0.5, 0.6) is 0 Å². The Morgan fingerprint density at radius 2 is 1.41 bits per heavy atom. The Morgan fingerprint density at radius 3 is 2.03 bits per heavy atom. The number of halogens is 3. The number of hydroxylamine groups is 1. The van der Waals surface area contributed by atoms with Crippen LogP contribution in [0.15, 0.2) is 78.9 Å². The van der Waals surface area contributed by atoms with Gasteiger partial charge in [0.2, 0.25) is 0 Å². The van der Waals surface area contributed by atoms with Gasteiger partial charge in [0, 0.05) is 11.1 Å². The van der Waals surface area contributed by atoms with E-state index < -0.39 is 23.6 Å². The van der Waals surface area contributed by atoms with E-state index in [9.17, 15) is 18.0 Å². The number of amides is 1. The summed E-state index contributed by atoms with van der Waals surface area (Å²) in [5.41, 5.74) is 2.59. The van der Waals surface area contributed by atoms with Gasteiger partial charge in [-0.3, -0.25) is 10.0 Å². The van der Waals surface area contributed by atoms with E-state index in [0.29, 0.717) is 16.7 Å². The molecule has 0 fully saturated rings. The van der Waals surface area contributed by atoms with Crippen molar-refractivity contribution < 1.29 is 23.2 Å². The summed E-state index contributed by atoms with van der Waals surface area (Å²) in [5, 5.41) is 9.07. The second-order valence-corrected chi connectivity index (χ2v) is 6.24. The Kier molecular flexibility index (Phi) is 6.01. The molecule has 0 radical (unpaired) electrons. The SMILES string of the molecule is O=C(NO)C(c1ccccc1)c1ccc(C#Cc2ccccc2C(F)(F)F)cc1. The monoisotopic (exact) mass is 395 g/mol. The standard InChI is InChI=1S/C23H16F3NO2/c24-23(25,26)20-9-5-4-6-17(20)13-10-16-11-14-19(15-12-16)21(22(28)27-29)18-7-2-1-3-8-18/h1-9,11-12,14-15,21,29H,(H,27,28). The zero-order chi connectivity index (χ0) is 20.9. The number of carbonyl (C=O) groups excluding carboxylic acids is 1. The number of nitrogens with one attached hydrogen (secondary N) is 1. The molecule has 1 amide bonds. The Hall–Kier alpha value is -3.56. The molecule has 0 bridgehead atoms. The van der Waals surface area contributed by atoms with Gasteiger partial charge in [0.25, 0.3) is 5.91 Å². The van der Waals surface area contributed by atoms with Crippen molar-refractivity contribution in [1.82, 2.24) is 5.48 Å². The molecular weight excluding hydrogens is 379 g/mol. The minimum absolute atomic E-state index is 0.106. The lowest BCUT2D eigenvalue weighted by molar-refractivity contribution is -0.137. The largest absolute Gasteiger partial charge is 0.417 e. The normalized spacial score (nSPS) is 11.9. The molecule has 6 heteroatoms.